The molecule has 5 aliphatic rings. The zero-order chi connectivity index (χ0) is 26.8. The van der Waals surface area contributed by atoms with Crippen LogP contribution in [0.2, 0.25) is 0 Å². The number of hydrogen-bond donors (Lipinski definition) is 2. The van der Waals surface area contributed by atoms with Crippen molar-refractivity contribution in [3.8, 4) is 0 Å². The molecule has 0 amide bonds. The Morgan fingerprint density at radius 1 is 1.11 bits per heavy atom. The number of fused-ring (bicyclic) bond motifs is 5. The van der Waals surface area contributed by atoms with Crippen molar-refractivity contribution in [2.75, 3.05) is 6.61 Å². The molecule has 9 nitrogen and oxygen atoms in total. The summed E-state index contributed by atoms with van der Waals surface area (Å²) in [6, 6.07) is 0. The van der Waals surface area contributed by atoms with E-state index in [-0.39, 0.29) is 36.8 Å². The molecular weight excluding hydrogens is 480 g/mol. The van der Waals surface area contributed by atoms with Gasteiger partial charge in [0.25, 0.3) is 0 Å². The number of ether oxygens (including phenoxy) is 3. The molecule has 0 aromatic heterocycles. The number of aliphatic hydroxyl groups is 2. The van der Waals surface area contributed by atoms with Crippen molar-refractivity contribution in [2.45, 2.75) is 102 Å². The van der Waals surface area contributed by atoms with E-state index in [2.05, 4.69) is 6.92 Å². The third-order valence-corrected chi connectivity index (χ3v) is 10.8. The van der Waals surface area contributed by atoms with Gasteiger partial charge in [-0.2, -0.15) is 0 Å². The summed E-state index contributed by atoms with van der Waals surface area (Å²) in [6.45, 7) is 5.05. The van der Waals surface area contributed by atoms with Crippen molar-refractivity contribution < 1.29 is 43.6 Å². The predicted molar refractivity (Wildman–Crippen MR) is 129 cm³/mol. The average Bonchev–Trinajstić information content (AvgIpc) is 3.37. The second-order valence-electron chi connectivity index (χ2n) is 12.3. The molecule has 5 rings (SSSR count). The van der Waals surface area contributed by atoms with E-state index in [0.29, 0.717) is 44.9 Å². The number of rotatable bonds is 5. The van der Waals surface area contributed by atoms with E-state index in [1.165, 1.54) is 13.8 Å². The maximum Gasteiger partial charge on any atom is 0.347 e. The van der Waals surface area contributed by atoms with E-state index >= 15 is 0 Å². The number of carbonyl (C=O) groups excluding carboxylic acids is 4. The van der Waals surface area contributed by atoms with Crippen molar-refractivity contribution >= 4 is 24.2 Å². The maximum atomic E-state index is 12.9. The second kappa shape index (κ2) is 8.90. The summed E-state index contributed by atoms with van der Waals surface area (Å²) in [4.78, 5) is 48.2. The summed E-state index contributed by atoms with van der Waals surface area (Å²) >= 11 is 0. The smallest absolute Gasteiger partial charge is 0.347 e. The second-order valence-corrected chi connectivity index (χ2v) is 12.3. The number of esters is 3. The van der Waals surface area contributed by atoms with Crippen LogP contribution in [0.25, 0.3) is 0 Å². The van der Waals surface area contributed by atoms with Crippen LogP contribution in [-0.4, -0.2) is 64.4 Å². The molecule has 9 heteroatoms. The summed E-state index contributed by atoms with van der Waals surface area (Å²) in [7, 11) is 0. The summed E-state index contributed by atoms with van der Waals surface area (Å²) in [5.41, 5.74) is -2.87. The number of carbonyl (C=O) groups is 4. The molecule has 1 aliphatic heterocycles. The highest BCUT2D eigenvalue weighted by Crippen LogP contribution is 2.70. The fourth-order valence-corrected chi connectivity index (χ4v) is 8.98. The van der Waals surface area contributed by atoms with Crippen LogP contribution in [0.5, 0.6) is 0 Å². The fraction of sp³-hybridized carbons (Fsp3) is 0.786. The standard InChI is InChI=1S/C28H38O9/c1-16(36-17(2)30)24(32)37-19-4-9-26(15-29)21-5-8-25(3)20(18-12-23(31)35-14-18)7-11-28(25,34)22(21)6-10-27(26,33)13-19/h12,15-16,19-22,33-34H,4-11,13-14H2,1-3H3/t16?,19-,20+,21-,22+,25+,26-,27-,28-/m0/s1. The summed E-state index contributed by atoms with van der Waals surface area (Å²) < 4.78 is 15.7. The van der Waals surface area contributed by atoms with Gasteiger partial charge in [-0.3, -0.25) is 4.79 Å². The Kier molecular flexibility index (Phi) is 6.34. The van der Waals surface area contributed by atoms with E-state index in [4.69, 9.17) is 14.2 Å². The average molecular weight is 519 g/mol. The van der Waals surface area contributed by atoms with Crippen LogP contribution in [0.4, 0.5) is 0 Å². The van der Waals surface area contributed by atoms with Crippen LogP contribution in [0.1, 0.15) is 78.6 Å². The van der Waals surface area contributed by atoms with Gasteiger partial charge in [-0.05, 0) is 81.6 Å². The van der Waals surface area contributed by atoms with E-state index in [0.717, 1.165) is 18.3 Å². The van der Waals surface area contributed by atoms with Crippen molar-refractivity contribution in [2.24, 2.45) is 28.6 Å². The van der Waals surface area contributed by atoms with Gasteiger partial charge in [-0.25, -0.2) is 9.59 Å². The third kappa shape index (κ3) is 3.79. The molecule has 9 atom stereocenters. The Morgan fingerprint density at radius 3 is 2.49 bits per heavy atom. The molecule has 0 saturated heterocycles. The zero-order valence-corrected chi connectivity index (χ0v) is 21.9. The first-order valence-corrected chi connectivity index (χ1v) is 13.6. The SMILES string of the molecule is CC(=O)OC(C)C(=O)O[C@H]1CC[C@]2(C=O)[C@H]3CC[C@]4(C)[C@@H](C5=CC(=O)OC5)CC[C@]4(O)[C@@H]3CC[C@]2(O)C1. The molecule has 0 aromatic rings. The van der Waals surface area contributed by atoms with Gasteiger partial charge < -0.3 is 29.2 Å². The lowest BCUT2D eigenvalue weighted by Crippen LogP contribution is -2.69. The lowest BCUT2D eigenvalue weighted by molar-refractivity contribution is -0.250. The summed E-state index contributed by atoms with van der Waals surface area (Å²) in [5.74, 6) is -1.86. The first-order valence-electron chi connectivity index (χ1n) is 13.6. The Bertz CT molecular complexity index is 1040. The van der Waals surface area contributed by atoms with Crippen LogP contribution in [0, 0.1) is 28.6 Å². The first-order chi connectivity index (χ1) is 17.4. The molecule has 4 saturated carbocycles. The van der Waals surface area contributed by atoms with E-state index in [1.54, 1.807) is 6.08 Å². The van der Waals surface area contributed by atoms with Crippen LogP contribution in [-0.2, 0) is 33.4 Å². The Balaban J connectivity index is 1.37. The van der Waals surface area contributed by atoms with Crippen LogP contribution >= 0.6 is 0 Å². The Hall–Kier alpha value is -2.26. The highest BCUT2D eigenvalue weighted by molar-refractivity contribution is 5.85. The van der Waals surface area contributed by atoms with Crippen LogP contribution < -0.4 is 0 Å². The fourth-order valence-electron chi connectivity index (χ4n) is 8.98. The molecule has 4 fully saturated rings. The molecule has 37 heavy (non-hydrogen) atoms. The topological polar surface area (TPSA) is 136 Å². The molecule has 0 spiro atoms. The largest absolute Gasteiger partial charge is 0.460 e. The van der Waals surface area contributed by atoms with Crippen LogP contribution in [0.15, 0.2) is 11.6 Å². The minimum atomic E-state index is -1.35. The quantitative estimate of drug-likeness (QED) is 0.319. The molecule has 2 N–H and O–H groups in total. The third-order valence-electron chi connectivity index (χ3n) is 10.8. The van der Waals surface area contributed by atoms with Gasteiger partial charge in [0.15, 0.2) is 6.10 Å². The number of aldehydes is 1. The minimum absolute atomic E-state index is 0.0484. The number of cyclic esters (lactones) is 1. The van der Waals surface area contributed by atoms with E-state index < -0.39 is 46.2 Å². The Morgan fingerprint density at radius 2 is 1.84 bits per heavy atom. The molecule has 1 heterocycles. The highest BCUT2D eigenvalue weighted by atomic mass is 16.6. The monoisotopic (exact) mass is 518 g/mol. The van der Waals surface area contributed by atoms with Gasteiger partial charge >= 0.3 is 17.9 Å². The van der Waals surface area contributed by atoms with Gasteiger partial charge in [0.05, 0.1) is 16.6 Å². The van der Waals surface area contributed by atoms with Crippen molar-refractivity contribution in [3.05, 3.63) is 11.6 Å². The van der Waals surface area contributed by atoms with E-state index in [9.17, 15) is 29.4 Å². The lowest BCUT2D eigenvalue weighted by atomic mass is 9.41. The normalized spacial score (nSPS) is 45.4. The molecule has 1 unspecified atom stereocenters. The minimum Gasteiger partial charge on any atom is -0.460 e. The van der Waals surface area contributed by atoms with Gasteiger partial charge in [0.1, 0.15) is 19.0 Å². The molecule has 204 valence electrons. The van der Waals surface area contributed by atoms with Gasteiger partial charge in [0, 0.05) is 24.8 Å². The summed E-state index contributed by atoms with van der Waals surface area (Å²) in [6.07, 6.45) is 5.38. The Labute approximate surface area is 216 Å². The van der Waals surface area contributed by atoms with Gasteiger partial charge in [0.2, 0.25) is 0 Å². The first kappa shape index (κ1) is 26.4. The molecule has 0 aromatic carbocycles. The molecule has 0 radical (unpaired) electrons. The predicted octanol–water partition coefficient (Wildman–Crippen LogP) is 2.40. The van der Waals surface area contributed by atoms with E-state index in [1.807, 2.05) is 0 Å². The maximum absolute atomic E-state index is 12.9. The van der Waals surface area contributed by atoms with Crippen LogP contribution in [0.3, 0.4) is 0 Å². The highest BCUT2D eigenvalue weighted by Gasteiger charge is 2.71. The summed E-state index contributed by atoms with van der Waals surface area (Å²) in [5, 5.41) is 24.2. The van der Waals surface area contributed by atoms with Crippen molar-refractivity contribution in [1.29, 1.82) is 0 Å². The molecule has 0 bridgehead atoms. The molecular formula is C28H38O9. The lowest BCUT2D eigenvalue weighted by Gasteiger charge is -2.65. The van der Waals surface area contributed by atoms with Crippen molar-refractivity contribution in [3.63, 3.8) is 0 Å². The van der Waals surface area contributed by atoms with Gasteiger partial charge in [-0.1, -0.05) is 6.92 Å². The van der Waals surface area contributed by atoms with Crippen molar-refractivity contribution in [1.82, 2.24) is 0 Å². The molecule has 4 aliphatic carbocycles. The number of hydrogen-bond acceptors (Lipinski definition) is 9. The van der Waals surface area contributed by atoms with Gasteiger partial charge in [-0.15, -0.1) is 0 Å². The zero-order valence-electron chi connectivity index (χ0n) is 21.9.